The van der Waals surface area contributed by atoms with Crippen molar-refractivity contribution in [2.75, 3.05) is 11.9 Å². The van der Waals surface area contributed by atoms with E-state index in [4.69, 9.17) is 4.74 Å². The Hall–Kier alpha value is -2.84. The number of ether oxygens (including phenoxy) is 2. The Morgan fingerprint density at radius 2 is 1.72 bits per heavy atom. The fraction of sp³-hybridized carbons (Fsp3) is 0.188. The average molecular weight is 361 g/mol. The molecule has 0 spiro atoms. The Bertz CT molecular complexity index is 734. The molecule has 0 aromatic heterocycles. The molecule has 2 aromatic rings. The number of hydrogen-bond donors (Lipinski definition) is 1. The van der Waals surface area contributed by atoms with Crippen molar-refractivity contribution in [1.82, 2.24) is 0 Å². The van der Waals surface area contributed by atoms with Gasteiger partial charge >= 0.3 is 12.8 Å². The Morgan fingerprint density at radius 3 is 2.40 bits per heavy atom. The van der Waals surface area contributed by atoms with Crippen LogP contribution in [0.25, 0.3) is 0 Å². The third-order valence-corrected chi connectivity index (χ3v) is 2.87. The number of rotatable bonds is 6. The molecule has 0 aliphatic heterocycles. The van der Waals surface area contributed by atoms with E-state index < -0.39 is 30.9 Å². The van der Waals surface area contributed by atoms with Crippen LogP contribution in [0, 0.1) is 0 Å². The van der Waals surface area contributed by atoms with Crippen molar-refractivity contribution in [3.8, 4) is 11.5 Å². The Balaban J connectivity index is 1.93. The maximum atomic E-state index is 12.6. The molecule has 1 amide bonds. The van der Waals surface area contributed by atoms with Crippen LogP contribution < -0.4 is 14.8 Å². The standard InChI is InChI=1S/C16H12F5NO3/c17-15(18)25-13-6-2-5-12(8-13)24-9-14(23)22-11-4-1-3-10(7-11)16(19,20)21/h1-8,15H,9H2,(H,22,23). The second-order valence-corrected chi connectivity index (χ2v) is 4.77. The van der Waals surface area contributed by atoms with Crippen molar-refractivity contribution in [3.05, 3.63) is 54.1 Å². The molecule has 0 aliphatic carbocycles. The van der Waals surface area contributed by atoms with Gasteiger partial charge in [-0.2, -0.15) is 22.0 Å². The molecule has 0 heterocycles. The summed E-state index contributed by atoms with van der Waals surface area (Å²) in [5.41, 5.74) is -0.943. The van der Waals surface area contributed by atoms with Crippen LogP contribution >= 0.6 is 0 Å². The maximum absolute atomic E-state index is 12.6. The van der Waals surface area contributed by atoms with Gasteiger partial charge in [0.15, 0.2) is 6.61 Å². The second kappa shape index (κ2) is 7.82. The topological polar surface area (TPSA) is 47.6 Å². The van der Waals surface area contributed by atoms with Crippen LogP contribution in [-0.4, -0.2) is 19.1 Å². The van der Waals surface area contributed by atoms with E-state index >= 15 is 0 Å². The van der Waals surface area contributed by atoms with Gasteiger partial charge in [0.05, 0.1) is 5.56 Å². The lowest BCUT2D eigenvalue weighted by molar-refractivity contribution is -0.137. The summed E-state index contributed by atoms with van der Waals surface area (Å²) < 4.78 is 71.3. The number of halogens is 5. The molecular weight excluding hydrogens is 349 g/mol. The van der Waals surface area contributed by atoms with Gasteiger partial charge in [-0.05, 0) is 30.3 Å². The third-order valence-electron chi connectivity index (χ3n) is 2.87. The van der Waals surface area contributed by atoms with Crippen molar-refractivity contribution < 1.29 is 36.2 Å². The maximum Gasteiger partial charge on any atom is 0.416 e. The third kappa shape index (κ3) is 5.94. The monoisotopic (exact) mass is 361 g/mol. The van der Waals surface area contributed by atoms with E-state index in [0.29, 0.717) is 0 Å². The van der Waals surface area contributed by atoms with E-state index in [1.807, 2.05) is 0 Å². The van der Waals surface area contributed by atoms with E-state index in [0.717, 1.165) is 24.3 Å². The smallest absolute Gasteiger partial charge is 0.416 e. The van der Waals surface area contributed by atoms with Crippen molar-refractivity contribution in [3.63, 3.8) is 0 Å². The molecule has 134 valence electrons. The summed E-state index contributed by atoms with van der Waals surface area (Å²) in [4.78, 5) is 11.7. The van der Waals surface area contributed by atoms with Crippen LogP contribution in [0.4, 0.5) is 27.6 Å². The zero-order valence-corrected chi connectivity index (χ0v) is 12.5. The van der Waals surface area contributed by atoms with Crippen molar-refractivity contribution in [2.24, 2.45) is 0 Å². The summed E-state index contributed by atoms with van der Waals surface area (Å²) in [6.45, 7) is -3.52. The molecule has 0 atom stereocenters. The number of nitrogens with one attached hydrogen (secondary N) is 1. The van der Waals surface area contributed by atoms with Crippen molar-refractivity contribution >= 4 is 11.6 Å². The second-order valence-electron chi connectivity index (χ2n) is 4.77. The average Bonchev–Trinajstić information content (AvgIpc) is 2.52. The van der Waals surface area contributed by atoms with Crippen LogP contribution in [0.3, 0.4) is 0 Å². The van der Waals surface area contributed by atoms with Crippen LogP contribution in [0.5, 0.6) is 11.5 Å². The predicted molar refractivity (Wildman–Crippen MR) is 78.6 cm³/mol. The molecule has 0 saturated carbocycles. The molecule has 1 N–H and O–H groups in total. The summed E-state index contributed by atoms with van der Waals surface area (Å²) in [5.74, 6) is -0.761. The molecule has 0 unspecified atom stereocenters. The fourth-order valence-corrected chi connectivity index (χ4v) is 1.86. The lowest BCUT2D eigenvalue weighted by Gasteiger charge is -2.11. The van der Waals surface area contributed by atoms with Gasteiger partial charge in [0, 0.05) is 11.8 Å². The van der Waals surface area contributed by atoms with Gasteiger partial charge in [0.2, 0.25) is 0 Å². The summed E-state index contributed by atoms with van der Waals surface area (Å²) in [7, 11) is 0. The van der Waals surface area contributed by atoms with Gasteiger partial charge in [-0.25, -0.2) is 0 Å². The fourth-order valence-electron chi connectivity index (χ4n) is 1.86. The first-order valence-electron chi connectivity index (χ1n) is 6.89. The Labute approximate surface area is 139 Å². The van der Waals surface area contributed by atoms with Gasteiger partial charge in [-0.3, -0.25) is 4.79 Å². The van der Waals surface area contributed by atoms with Crippen LogP contribution in [0.2, 0.25) is 0 Å². The molecular formula is C16H12F5NO3. The first-order valence-corrected chi connectivity index (χ1v) is 6.89. The summed E-state index contributed by atoms with van der Waals surface area (Å²) >= 11 is 0. The van der Waals surface area contributed by atoms with Crippen LogP contribution in [0.1, 0.15) is 5.56 Å². The number of carbonyl (C=O) groups excluding carboxylic acids is 1. The lowest BCUT2D eigenvalue weighted by atomic mass is 10.2. The first kappa shape index (κ1) is 18.5. The number of amides is 1. The lowest BCUT2D eigenvalue weighted by Crippen LogP contribution is -2.20. The van der Waals surface area contributed by atoms with Crippen LogP contribution in [-0.2, 0) is 11.0 Å². The minimum absolute atomic E-state index is 0.0433. The molecule has 25 heavy (non-hydrogen) atoms. The molecule has 0 aliphatic rings. The number of alkyl halides is 5. The minimum atomic E-state index is -4.53. The number of benzene rings is 2. The quantitative estimate of drug-likeness (QED) is 0.780. The molecule has 2 rings (SSSR count). The van der Waals surface area contributed by atoms with Gasteiger partial charge in [0.25, 0.3) is 5.91 Å². The molecule has 0 radical (unpaired) electrons. The highest BCUT2D eigenvalue weighted by molar-refractivity contribution is 5.91. The molecule has 9 heteroatoms. The van der Waals surface area contributed by atoms with Crippen molar-refractivity contribution in [2.45, 2.75) is 12.8 Å². The van der Waals surface area contributed by atoms with Crippen LogP contribution in [0.15, 0.2) is 48.5 Å². The van der Waals surface area contributed by atoms with Gasteiger partial charge in [0.1, 0.15) is 11.5 Å². The van der Waals surface area contributed by atoms with Gasteiger partial charge < -0.3 is 14.8 Å². The van der Waals surface area contributed by atoms with E-state index in [-0.39, 0.29) is 17.2 Å². The zero-order chi connectivity index (χ0) is 18.4. The minimum Gasteiger partial charge on any atom is -0.484 e. The highest BCUT2D eigenvalue weighted by atomic mass is 19.4. The van der Waals surface area contributed by atoms with E-state index in [1.54, 1.807) is 0 Å². The highest BCUT2D eigenvalue weighted by Crippen LogP contribution is 2.30. The molecule has 2 aromatic carbocycles. The molecule has 0 fully saturated rings. The normalized spacial score (nSPS) is 11.3. The largest absolute Gasteiger partial charge is 0.484 e. The van der Waals surface area contributed by atoms with Gasteiger partial charge in [-0.1, -0.05) is 12.1 Å². The predicted octanol–water partition coefficient (Wildman–Crippen LogP) is 4.32. The molecule has 4 nitrogen and oxygen atoms in total. The molecule has 0 bridgehead atoms. The summed E-state index contributed by atoms with van der Waals surface area (Å²) in [6, 6.07) is 9.35. The number of anilines is 1. The number of hydrogen-bond acceptors (Lipinski definition) is 3. The Morgan fingerprint density at radius 1 is 1.04 bits per heavy atom. The number of carbonyl (C=O) groups is 1. The Kier molecular flexibility index (Phi) is 5.79. The summed E-state index contributed by atoms with van der Waals surface area (Å²) in [6.07, 6.45) is -4.53. The summed E-state index contributed by atoms with van der Waals surface area (Å²) in [5, 5.41) is 2.26. The first-order chi connectivity index (χ1) is 11.7. The highest BCUT2D eigenvalue weighted by Gasteiger charge is 2.30. The van der Waals surface area contributed by atoms with E-state index in [2.05, 4.69) is 10.1 Å². The SMILES string of the molecule is O=C(COc1cccc(OC(F)F)c1)Nc1cccc(C(F)(F)F)c1. The molecule has 0 saturated heterocycles. The van der Waals surface area contributed by atoms with Gasteiger partial charge in [-0.15, -0.1) is 0 Å². The van der Waals surface area contributed by atoms with Crippen molar-refractivity contribution in [1.29, 1.82) is 0 Å². The van der Waals surface area contributed by atoms with E-state index in [1.165, 1.54) is 24.3 Å². The zero-order valence-electron chi connectivity index (χ0n) is 12.5. The van der Waals surface area contributed by atoms with E-state index in [9.17, 15) is 26.7 Å².